The van der Waals surface area contributed by atoms with Gasteiger partial charge in [-0.05, 0) is 43.7 Å². The van der Waals surface area contributed by atoms with Crippen molar-refractivity contribution in [2.45, 2.75) is 13.8 Å². The largest absolute Gasteiger partial charge is 0.454 e. The van der Waals surface area contributed by atoms with Gasteiger partial charge >= 0.3 is 5.97 Å². The second kappa shape index (κ2) is 6.16. The van der Waals surface area contributed by atoms with Crippen LogP contribution in [0.25, 0.3) is 6.08 Å². The van der Waals surface area contributed by atoms with Gasteiger partial charge in [-0.3, -0.25) is 4.79 Å². The second-order valence-electron chi connectivity index (χ2n) is 5.87. The van der Waals surface area contributed by atoms with Gasteiger partial charge in [0.15, 0.2) is 11.5 Å². The molecule has 0 N–H and O–H groups in total. The number of para-hydroxylation sites is 1. The summed E-state index contributed by atoms with van der Waals surface area (Å²) >= 11 is 0. The molecule has 0 saturated heterocycles. The summed E-state index contributed by atoms with van der Waals surface area (Å²) in [7, 11) is 0. The highest BCUT2D eigenvalue weighted by molar-refractivity contribution is 5.81. The van der Waals surface area contributed by atoms with E-state index in [2.05, 4.69) is 0 Å². The molecule has 1 aliphatic rings. The average Bonchev–Trinajstić information content (AvgIpc) is 3.01. The van der Waals surface area contributed by atoms with Gasteiger partial charge in [0.25, 0.3) is 0 Å². The summed E-state index contributed by atoms with van der Waals surface area (Å²) in [6.07, 6.45) is 3.71. The Balaban J connectivity index is 1.71. The van der Waals surface area contributed by atoms with Gasteiger partial charge in [0.1, 0.15) is 5.75 Å². The Labute approximate surface area is 135 Å². The van der Waals surface area contributed by atoms with Crippen LogP contribution in [-0.2, 0) is 4.79 Å². The minimum absolute atomic E-state index is 0.247. The lowest BCUT2D eigenvalue weighted by Crippen LogP contribution is -2.26. The molecule has 4 heteroatoms. The van der Waals surface area contributed by atoms with Crippen molar-refractivity contribution in [1.82, 2.24) is 0 Å². The summed E-state index contributed by atoms with van der Waals surface area (Å²) in [5.41, 5.74) is 0.196. The summed E-state index contributed by atoms with van der Waals surface area (Å²) in [4.78, 5) is 12.3. The van der Waals surface area contributed by atoms with Crippen LogP contribution in [0.4, 0.5) is 0 Å². The van der Waals surface area contributed by atoms with Crippen molar-refractivity contribution in [2.24, 2.45) is 5.41 Å². The highest BCUT2D eigenvalue weighted by Crippen LogP contribution is 2.33. The van der Waals surface area contributed by atoms with E-state index in [0.717, 1.165) is 17.1 Å². The number of hydrogen-bond acceptors (Lipinski definition) is 4. The Kier molecular flexibility index (Phi) is 4.06. The molecule has 0 unspecified atom stereocenters. The van der Waals surface area contributed by atoms with Crippen molar-refractivity contribution in [2.75, 3.05) is 6.79 Å². The van der Waals surface area contributed by atoms with E-state index in [0.29, 0.717) is 5.75 Å². The number of rotatable bonds is 4. The Bertz CT molecular complexity index is 732. The fourth-order valence-electron chi connectivity index (χ4n) is 2.12. The molecule has 118 valence electrons. The molecule has 0 saturated carbocycles. The first-order valence-corrected chi connectivity index (χ1v) is 7.41. The van der Waals surface area contributed by atoms with Crippen molar-refractivity contribution in [1.29, 1.82) is 0 Å². The van der Waals surface area contributed by atoms with E-state index in [1.165, 1.54) is 0 Å². The molecule has 0 radical (unpaired) electrons. The summed E-state index contributed by atoms with van der Waals surface area (Å²) in [6.45, 7) is 3.89. The van der Waals surface area contributed by atoms with Crippen LogP contribution in [-0.4, -0.2) is 12.8 Å². The minimum Gasteiger partial charge on any atom is -0.454 e. The molecule has 3 rings (SSSR count). The van der Waals surface area contributed by atoms with Gasteiger partial charge in [-0.25, -0.2) is 0 Å². The molecule has 2 aromatic rings. The maximum absolute atomic E-state index is 12.3. The summed E-state index contributed by atoms with van der Waals surface area (Å²) in [5.74, 6) is 1.70. The van der Waals surface area contributed by atoms with Crippen molar-refractivity contribution in [3.63, 3.8) is 0 Å². The van der Waals surface area contributed by atoms with E-state index < -0.39 is 5.41 Å². The predicted molar refractivity (Wildman–Crippen MR) is 87.5 cm³/mol. The predicted octanol–water partition coefficient (Wildman–Crippen LogP) is 4.06. The highest BCUT2D eigenvalue weighted by Gasteiger charge is 2.27. The standard InChI is InChI=1S/C19H18O4/c1-19(2,18(20)23-15-6-4-3-5-7-15)11-10-14-8-9-16-17(12-14)22-13-21-16/h3-12H,13H2,1-2H3/b11-10+. The van der Waals surface area contributed by atoms with Crippen LogP contribution >= 0.6 is 0 Å². The Morgan fingerprint density at radius 1 is 1.09 bits per heavy atom. The summed E-state index contributed by atoms with van der Waals surface area (Å²) < 4.78 is 16.0. The van der Waals surface area contributed by atoms with Crippen LogP contribution < -0.4 is 14.2 Å². The average molecular weight is 310 g/mol. The molecule has 0 amide bonds. The SMILES string of the molecule is CC(C)(/C=C/c1ccc2c(c1)OCO2)C(=O)Oc1ccccc1. The first kappa shape index (κ1) is 15.2. The van der Waals surface area contributed by atoms with Crippen LogP contribution in [0.5, 0.6) is 17.2 Å². The molecular weight excluding hydrogens is 292 g/mol. The number of fused-ring (bicyclic) bond motifs is 1. The molecule has 0 fully saturated rings. The number of benzene rings is 2. The first-order valence-electron chi connectivity index (χ1n) is 7.41. The van der Waals surface area contributed by atoms with Crippen molar-refractivity contribution >= 4 is 12.0 Å². The molecule has 0 bridgehead atoms. The molecule has 0 spiro atoms. The third-order valence-electron chi connectivity index (χ3n) is 3.57. The minimum atomic E-state index is -0.744. The highest BCUT2D eigenvalue weighted by atomic mass is 16.7. The zero-order valence-electron chi connectivity index (χ0n) is 13.1. The lowest BCUT2D eigenvalue weighted by molar-refractivity contribution is -0.141. The lowest BCUT2D eigenvalue weighted by Gasteiger charge is -2.18. The normalized spacial score (nSPS) is 13.3. The van der Waals surface area contributed by atoms with E-state index in [-0.39, 0.29) is 12.8 Å². The molecule has 0 aromatic heterocycles. The lowest BCUT2D eigenvalue weighted by atomic mass is 9.92. The number of carbonyl (C=O) groups is 1. The van der Waals surface area contributed by atoms with Gasteiger partial charge in [0, 0.05) is 0 Å². The van der Waals surface area contributed by atoms with Gasteiger partial charge in [-0.1, -0.05) is 36.4 Å². The Morgan fingerprint density at radius 2 is 1.83 bits per heavy atom. The monoisotopic (exact) mass is 310 g/mol. The molecule has 1 heterocycles. The maximum Gasteiger partial charge on any atom is 0.320 e. The van der Waals surface area contributed by atoms with Crippen LogP contribution in [0.2, 0.25) is 0 Å². The number of hydrogen-bond donors (Lipinski definition) is 0. The van der Waals surface area contributed by atoms with E-state index in [1.807, 2.05) is 62.4 Å². The number of carbonyl (C=O) groups excluding carboxylic acids is 1. The fourth-order valence-corrected chi connectivity index (χ4v) is 2.12. The maximum atomic E-state index is 12.3. The van der Waals surface area contributed by atoms with Gasteiger partial charge in [-0.15, -0.1) is 0 Å². The van der Waals surface area contributed by atoms with Crippen LogP contribution in [0, 0.1) is 5.41 Å². The van der Waals surface area contributed by atoms with Crippen LogP contribution in [0.15, 0.2) is 54.6 Å². The van der Waals surface area contributed by atoms with E-state index in [9.17, 15) is 4.79 Å². The van der Waals surface area contributed by atoms with Gasteiger partial charge in [-0.2, -0.15) is 0 Å². The van der Waals surface area contributed by atoms with E-state index in [1.54, 1.807) is 12.1 Å². The van der Waals surface area contributed by atoms with E-state index in [4.69, 9.17) is 14.2 Å². The third-order valence-corrected chi connectivity index (χ3v) is 3.57. The summed E-state index contributed by atoms with van der Waals surface area (Å²) in [6, 6.07) is 14.7. The summed E-state index contributed by atoms with van der Waals surface area (Å²) in [5, 5.41) is 0. The van der Waals surface area contributed by atoms with Crippen LogP contribution in [0.3, 0.4) is 0 Å². The van der Waals surface area contributed by atoms with Crippen molar-refractivity contribution in [3.05, 3.63) is 60.2 Å². The Morgan fingerprint density at radius 3 is 2.61 bits per heavy atom. The molecule has 4 nitrogen and oxygen atoms in total. The number of ether oxygens (including phenoxy) is 3. The molecule has 23 heavy (non-hydrogen) atoms. The van der Waals surface area contributed by atoms with Crippen molar-refractivity contribution < 1.29 is 19.0 Å². The quantitative estimate of drug-likeness (QED) is 0.631. The zero-order chi connectivity index (χ0) is 16.3. The first-order chi connectivity index (χ1) is 11.0. The number of esters is 1. The van der Waals surface area contributed by atoms with Crippen LogP contribution in [0.1, 0.15) is 19.4 Å². The third kappa shape index (κ3) is 3.54. The topological polar surface area (TPSA) is 44.8 Å². The molecule has 1 aliphatic heterocycles. The van der Waals surface area contributed by atoms with Gasteiger partial charge < -0.3 is 14.2 Å². The van der Waals surface area contributed by atoms with Gasteiger partial charge in [0.05, 0.1) is 5.41 Å². The van der Waals surface area contributed by atoms with Crippen molar-refractivity contribution in [3.8, 4) is 17.2 Å². The Hall–Kier alpha value is -2.75. The zero-order valence-corrected chi connectivity index (χ0v) is 13.1. The molecule has 0 aliphatic carbocycles. The second-order valence-corrected chi connectivity index (χ2v) is 5.87. The molecular formula is C19H18O4. The smallest absolute Gasteiger partial charge is 0.320 e. The fraction of sp³-hybridized carbons (Fsp3) is 0.211. The molecule has 2 aromatic carbocycles. The van der Waals surface area contributed by atoms with E-state index >= 15 is 0 Å². The molecule has 0 atom stereocenters. The van der Waals surface area contributed by atoms with Gasteiger partial charge in [0.2, 0.25) is 6.79 Å².